The molecule has 1 aliphatic heterocycles. The van der Waals surface area contributed by atoms with Gasteiger partial charge in [0.25, 0.3) is 0 Å². The average Bonchev–Trinajstić information content (AvgIpc) is 2.95. The van der Waals surface area contributed by atoms with Crippen molar-refractivity contribution in [3.05, 3.63) is 42.0 Å². The first-order valence-corrected chi connectivity index (χ1v) is 7.87. The van der Waals surface area contributed by atoms with Gasteiger partial charge in [-0.05, 0) is 47.2 Å². The van der Waals surface area contributed by atoms with Crippen molar-refractivity contribution in [1.82, 2.24) is 5.32 Å². The predicted octanol–water partition coefficient (Wildman–Crippen LogP) is 3.33. The lowest BCUT2D eigenvalue weighted by atomic mass is 9.99. The summed E-state index contributed by atoms with van der Waals surface area (Å²) in [6, 6.07) is 12.6. The molecule has 1 fully saturated rings. The molecule has 3 N–H and O–H groups in total. The Labute approximate surface area is 126 Å². The monoisotopic (exact) mass is 284 g/mol. The van der Waals surface area contributed by atoms with Crippen LogP contribution in [0.2, 0.25) is 0 Å². The van der Waals surface area contributed by atoms with Crippen LogP contribution in [0.25, 0.3) is 10.8 Å². The topological polar surface area (TPSA) is 47.3 Å². The zero-order valence-electron chi connectivity index (χ0n) is 12.6. The van der Waals surface area contributed by atoms with Gasteiger partial charge in [-0.15, -0.1) is 0 Å². The number of hydrogen-bond acceptors (Lipinski definition) is 3. The molecule has 0 amide bonds. The van der Waals surface area contributed by atoms with E-state index in [1.165, 1.54) is 22.8 Å². The van der Waals surface area contributed by atoms with E-state index >= 15 is 0 Å². The highest BCUT2D eigenvalue weighted by Crippen LogP contribution is 2.24. The van der Waals surface area contributed by atoms with E-state index in [-0.39, 0.29) is 0 Å². The van der Waals surface area contributed by atoms with Gasteiger partial charge in [-0.1, -0.05) is 31.2 Å². The number of hydrogen-bond donors (Lipinski definition) is 2. The lowest BCUT2D eigenvalue weighted by molar-refractivity contribution is 0.0872. The van der Waals surface area contributed by atoms with Crippen LogP contribution in [0.15, 0.2) is 36.4 Å². The standard InChI is InChI=1S/C18H24N2O/c1-2-18-15(7-8-21-18)11-20-12-16-9-13-5-3-4-6-14(13)10-17(16)19/h3-6,9-10,15,18,20H,2,7-8,11-12,19H2,1H3. The van der Waals surface area contributed by atoms with Gasteiger partial charge in [0, 0.05) is 25.4 Å². The van der Waals surface area contributed by atoms with Crippen molar-refractivity contribution in [2.75, 3.05) is 18.9 Å². The van der Waals surface area contributed by atoms with Gasteiger partial charge < -0.3 is 15.8 Å². The van der Waals surface area contributed by atoms with E-state index in [0.717, 1.165) is 31.8 Å². The summed E-state index contributed by atoms with van der Waals surface area (Å²) in [5.41, 5.74) is 8.22. The van der Waals surface area contributed by atoms with Gasteiger partial charge in [-0.25, -0.2) is 0 Å². The molecule has 0 saturated carbocycles. The maximum atomic E-state index is 6.17. The lowest BCUT2D eigenvalue weighted by Crippen LogP contribution is -2.28. The van der Waals surface area contributed by atoms with Crippen LogP contribution in [0.1, 0.15) is 25.3 Å². The molecule has 0 aromatic heterocycles. The summed E-state index contributed by atoms with van der Waals surface area (Å²) in [6.07, 6.45) is 2.69. The molecule has 1 heterocycles. The summed E-state index contributed by atoms with van der Waals surface area (Å²) >= 11 is 0. The fourth-order valence-corrected chi connectivity index (χ4v) is 3.23. The van der Waals surface area contributed by atoms with Crippen LogP contribution >= 0.6 is 0 Å². The number of ether oxygens (including phenoxy) is 1. The first kappa shape index (κ1) is 14.4. The number of nitrogens with two attached hydrogens (primary N) is 1. The molecule has 3 rings (SSSR count). The smallest absolute Gasteiger partial charge is 0.0613 e. The highest BCUT2D eigenvalue weighted by Gasteiger charge is 2.25. The first-order valence-electron chi connectivity index (χ1n) is 7.87. The number of nitrogen functional groups attached to an aromatic ring is 1. The zero-order chi connectivity index (χ0) is 14.7. The molecule has 2 unspecified atom stereocenters. The summed E-state index contributed by atoms with van der Waals surface area (Å²) < 4.78 is 5.73. The van der Waals surface area contributed by atoms with Crippen LogP contribution in [-0.2, 0) is 11.3 Å². The number of fused-ring (bicyclic) bond motifs is 1. The highest BCUT2D eigenvalue weighted by molar-refractivity contribution is 5.86. The first-order chi connectivity index (χ1) is 10.3. The Hall–Kier alpha value is -1.58. The molecular weight excluding hydrogens is 260 g/mol. The largest absolute Gasteiger partial charge is 0.398 e. The van der Waals surface area contributed by atoms with Gasteiger partial charge in [0.05, 0.1) is 6.10 Å². The van der Waals surface area contributed by atoms with Gasteiger partial charge in [-0.2, -0.15) is 0 Å². The molecule has 2 aromatic carbocycles. The van der Waals surface area contributed by atoms with Crippen LogP contribution < -0.4 is 11.1 Å². The molecule has 0 bridgehead atoms. The van der Waals surface area contributed by atoms with E-state index < -0.39 is 0 Å². The Bertz CT molecular complexity index is 611. The minimum atomic E-state index is 0.423. The Morgan fingerprint density at radius 2 is 2.00 bits per heavy atom. The van der Waals surface area contributed by atoms with E-state index in [0.29, 0.717) is 12.0 Å². The maximum Gasteiger partial charge on any atom is 0.0613 e. The molecule has 2 atom stereocenters. The van der Waals surface area contributed by atoms with Gasteiger partial charge in [0.15, 0.2) is 0 Å². The summed E-state index contributed by atoms with van der Waals surface area (Å²) in [6.45, 7) is 4.93. The molecule has 112 valence electrons. The van der Waals surface area contributed by atoms with E-state index in [1.54, 1.807) is 0 Å². The van der Waals surface area contributed by atoms with Crippen molar-refractivity contribution in [2.24, 2.45) is 5.92 Å². The second-order valence-corrected chi connectivity index (χ2v) is 5.90. The van der Waals surface area contributed by atoms with Gasteiger partial charge in [-0.3, -0.25) is 0 Å². The van der Waals surface area contributed by atoms with Gasteiger partial charge in [0.2, 0.25) is 0 Å². The molecule has 21 heavy (non-hydrogen) atoms. The lowest BCUT2D eigenvalue weighted by Gasteiger charge is -2.17. The third-order valence-corrected chi connectivity index (χ3v) is 4.48. The van der Waals surface area contributed by atoms with Crippen molar-refractivity contribution >= 4 is 16.5 Å². The van der Waals surface area contributed by atoms with E-state index in [4.69, 9.17) is 10.5 Å². The second kappa shape index (κ2) is 6.46. The summed E-state index contributed by atoms with van der Waals surface area (Å²) in [5, 5.41) is 6.01. The SMILES string of the molecule is CCC1OCCC1CNCc1cc2ccccc2cc1N. The number of anilines is 1. The van der Waals surface area contributed by atoms with Crippen LogP contribution in [0.4, 0.5) is 5.69 Å². The molecule has 0 spiro atoms. The fraction of sp³-hybridized carbons (Fsp3) is 0.444. The average molecular weight is 284 g/mol. The molecule has 0 aliphatic carbocycles. The molecule has 2 aromatic rings. The van der Waals surface area contributed by atoms with Gasteiger partial charge in [0.1, 0.15) is 0 Å². The quantitative estimate of drug-likeness (QED) is 0.828. The van der Waals surface area contributed by atoms with Crippen molar-refractivity contribution < 1.29 is 4.74 Å². The highest BCUT2D eigenvalue weighted by atomic mass is 16.5. The molecule has 3 nitrogen and oxygen atoms in total. The molecular formula is C18H24N2O. The third kappa shape index (κ3) is 3.20. The Kier molecular flexibility index (Phi) is 4.42. The predicted molar refractivity (Wildman–Crippen MR) is 88.2 cm³/mol. The van der Waals surface area contributed by atoms with Crippen LogP contribution in [-0.4, -0.2) is 19.3 Å². The van der Waals surface area contributed by atoms with E-state index in [2.05, 4.69) is 42.6 Å². The molecule has 1 saturated heterocycles. The summed E-state index contributed by atoms with van der Waals surface area (Å²) in [4.78, 5) is 0. The van der Waals surface area contributed by atoms with Crippen LogP contribution in [0, 0.1) is 5.92 Å². The minimum Gasteiger partial charge on any atom is -0.398 e. The Morgan fingerprint density at radius 3 is 2.76 bits per heavy atom. The zero-order valence-corrected chi connectivity index (χ0v) is 12.6. The van der Waals surface area contributed by atoms with E-state index in [1.807, 2.05) is 6.07 Å². The second-order valence-electron chi connectivity index (χ2n) is 5.90. The molecule has 0 radical (unpaired) electrons. The maximum absolute atomic E-state index is 6.17. The van der Waals surface area contributed by atoms with Crippen LogP contribution in [0.3, 0.4) is 0 Å². The number of benzene rings is 2. The molecule has 3 heteroatoms. The molecule has 1 aliphatic rings. The van der Waals surface area contributed by atoms with Crippen molar-refractivity contribution in [1.29, 1.82) is 0 Å². The Balaban J connectivity index is 1.64. The van der Waals surface area contributed by atoms with Crippen molar-refractivity contribution in [3.63, 3.8) is 0 Å². The minimum absolute atomic E-state index is 0.423. The van der Waals surface area contributed by atoms with Crippen LogP contribution in [0.5, 0.6) is 0 Å². The number of rotatable bonds is 5. The normalized spacial score (nSPS) is 22.0. The summed E-state index contributed by atoms with van der Waals surface area (Å²) in [5.74, 6) is 0.636. The van der Waals surface area contributed by atoms with E-state index in [9.17, 15) is 0 Å². The summed E-state index contributed by atoms with van der Waals surface area (Å²) in [7, 11) is 0. The van der Waals surface area contributed by atoms with Crippen molar-refractivity contribution in [2.45, 2.75) is 32.4 Å². The van der Waals surface area contributed by atoms with Gasteiger partial charge >= 0.3 is 0 Å². The third-order valence-electron chi connectivity index (χ3n) is 4.48. The van der Waals surface area contributed by atoms with Crippen molar-refractivity contribution in [3.8, 4) is 0 Å². The number of nitrogens with one attached hydrogen (secondary N) is 1. The fourth-order valence-electron chi connectivity index (χ4n) is 3.23. The Morgan fingerprint density at radius 1 is 1.24 bits per heavy atom.